The van der Waals surface area contributed by atoms with E-state index in [0.29, 0.717) is 0 Å². The standard InChI is InChI=1S/C9H13F7N2/c10-7(11)8(12,13)5-18-2-1-17-3-6(4-18)9(14,15)16/h6-7,17H,1-5H2. The number of hydrogen-bond acceptors (Lipinski definition) is 2. The van der Waals surface area contributed by atoms with Crippen LogP contribution in [0.2, 0.25) is 0 Å². The van der Waals surface area contributed by atoms with Crippen LogP contribution in [0.4, 0.5) is 30.7 Å². The first-order valence-electron chi connectivity index (χ1n) is 5.28. The Morgan fingerprint density at radius 2 is 1.78 bits per heavy atom. The van der Waals surface area contributed by atoms with Gasteiger partial charge in [0.25, 0.3) is 0 Å². The molecule has 108 valence electrons. The summed E-state index contributed by atoms with van der Waals surface area (Å²) in [5, 5.41) is 2.45. The third-order valence-electron chi connectivity index (χ3n) is 2.69. The molecule has 1 aliphatic rings. The summed E-state index contributed by atoms with van der Waals surface area (Å²) in [7, 11) is 0. The molecule has 0 spiro atoms. The highest BCUT2D eigenvalue weighted by Gasteiger charge is 2.46. The quantitative estimate of drug-likeness (QED) is 0.796. The average Bonchev–Trinajstić information content (AvgIpc) is 2.41. The van der Waals surface area contributed by atoms with Crippen molar-refractivity contribution >= 4 is 0 Å². The lowest BCUT2D eigenvalue weighted by atomic mass is 10.1. The predicted molar refractivity (Wildman–Crippen MR) is 49.8 cm³/mol. The van der Waals surface area contributed by atoms with Crippen LogP contribution in [-0.2, 0) is 0 Å². The van der Waals surface area contributed by atoms with E-state index in [2.05, 4.69) is 5.32 Å². The monoisotopic (exact) mass is 282 g/mol. The molecule has 0 aromatic heterocycles. The molecule has 1 rings (SSSR count). The van der Waals surface area contributed by atoms with E-state index in [9.17, 15) is 30.7 Å². The lowest BCUT2D eigenvalue weighted by Crippen LogP contribution is -2.45. The van der Waals surface area contributed by atoms with E-state index in [-0.39, 0.29) is 19.6 Å². The van der Waals surface area contributed by atoms with Gasteiger partial charge in [-0.25, -0.2) is 8.78 Å². The van der Waals surface area contributed by atoms with Crippen LogP contribution in [0.15, 0.2) is 0 Å². The molecule has 1 N–H and O–H groups in total. The van der Waals surface area contributed by atoms with Crippen molar-refractivity contribution in [3.05, 3.63) is 0 Å². The Labute approximate surface area is 99.1 Å². The highest BCUT2D eigenvalue weighted by atomic mass is 19.4. The van der Waals surface area contributed by atoms with Gasteiger partial charge in [-0.05, 0) is 0 Å². The van der Waals surface area contributed by atoms with Crippen molar-refractivity contribution in [1.82, 2.24) is 10.2 Å². The molecule has 1 unspecified atom stereocenters. The lowest BCUT2D eigenvalue weighted by Gasteiger charge is -2.28. The highest BCUT2D eigenvalue weighted by Crippen LogP contribution is 2.29. The second-order valence-corrected chi connectivity index (χ2v) is 4.24. The Morgan fingerprint density at radius 1 is 1.17 bits per heavy atom. The minimum absolute atomic E-state index is 0.0614. The fourth-order valence-corrected chi connectivity index (χ4v) is 1.71. The van der Waals surface area contributed by atoms with Crippen molar-refractivity contribution in [2.24, 2.45) is 5.92 Å². The Kier molecular flexibility index (Phi) is 4.82. The number of nitrogens with zero attached hydrogens (tertiary/aromatic N) is 1. The molecule has 1 heterocycles. The van der Waals surface area contributed by atoms with Gasteiger partial charge in [0.2, 0.25) is 0 Å². The van der Waals surface area contributed by atoms with Gasteiger partial charge in [-0.1, -0.05) is 0 Å². The summed E-state index contributed by atoms with van der Waals surface area (Å²) in [4.78, 5) is 0.727. The fraction of sp³-hybridized carbons (Fsp3) is 1.00. The molecule has 1 aliphatic heterocycles. The largest absolute Gasteiger partial charge is 0.394 e. The van der Waals surface area contributed by atoms with E-state index in [1.165, 1.54) is 0 Å². The maximum atomic E-state index is 12.8. The zero-order valence-corrected chi connectivity index (χ0v) is 9.28. The molecule has 0 bridgehead atoms. The zero-order chi connectivity index (χ0) is 14.0. The van der Waals surface area contributed by atoms with Crippen LogP contribution in [-0.4, -0.2) is 56.1 Å². The van der Waals surface area contributed by atoms with Gasteiger partial charge in [-0.2, -0.15) is 22.0 Å². The van der Waals surface area contributed by atoms with Crippen LogP contribution < -0.4 is 5.32 Å². The van der Waals surface area contributed by atoms with Gasteiger partial charge in [0.1, 0.15) is 0 Å². The van der Waals surface area contributed by atoms with Crippen molar-refractivity contribution < 1.29 is 30.7 Å². The second kappa shape index (κ2) is 5.60. The molecule has 2 nitrogen and oxygen atoms in total. The summed E-state index contributed by atoms with van der Waals surface area (Å²) in [6.45, 7) is -2.50. The third-order valence-corrected chi connectivity index (χ3v) is 2.69. The number of halogens is 7. The van der Waals surface area contributed by atoms with Crippen LogP contribution in [0.1, 0.15) is 0 Å². The molecular formula is C9H13F7N2. The number of hydrogen-bond donors (Lipinski definition) is 1. The molecule has 18 heavy (non-hydrogen) atoms. The first kappa shape index (κ1) is 15.5. The molecule has 1 saturated heterocycles. The maximum absolute atomic E-state index is 12.8. The van der Waals surface area contributed by atoms with Crippen LogP contribution in [0, 0.1) is 5.92 Å². The van der Waals surface area contributed by atoms with Crippen molar-refractivity contribution in [1.29, 1.82) is 0 Å². The third kappa shape index (κ3) is 4.27. The normalized spacial score (nSPS) is 24.3. The van der Waals surface area contributed by atoms with Gasteiger partial charge in [-0.15, -0.1) is 0 Å². The fourth-order valence-electron chi connectivity index (χ4n) is 1.71. The number of rotatable bonds is 3. The molecule has 1 fully saturated rings. The number of alkyl halides is 7. The van der Waals surface area contributed by atoms with Crippen LogP contribution in [0.3, 0.4) is 0 Å². The minimum Gasteiger partial charge on any atom is -0.315 e. The zero-order valence-electron chi connectivity index (χ0n) is 9.28. The van der Waals surface area contributed by atoms with E-state index in [0.717, 1.165) is 4.90 Å². The smallest absolute Gasteiger partial charge is 0.315 e. The molecule has 0 aromatic carbocycles. The first-order valence-corrected chi connectivity index (χ1v) is 5.28. The van der Waals surface area contributed by atoms with Crippen molar-refractivity contribution in [2.45, 2.75) is 18.5 Å². The molecule has 9 heteroatoms. The van der Waals surface area contributed by atoms with Crippen molar-refractivity contribution in [3.63, 3.8) is 0 Å². The van der Waals surface area contributed by atoms with E-state index < -0.39 is 37.5 Å². The number of nitrogens with one attached hydrogen (secondary N) is 1. The van der Waals surface area contributed by atoms with Crippen LogP contribution in [0.5, 0.6) is 0 Å². The minimum atomic E-state index is -4.53. The van der Waals surface area contributed by atoms with Gasteiger partial charge in [-0.3, -0.25) is 4.90 Å². The molecular weight excluding hydrogens is 269 g/mol. The summed E-state index contributed by atoms with van der Waals surface area (Å²) in [5.41, 5.74) is 0. The predicted octanol–water partition coefficient (Wildman–Crippen LogP) is 1.97. The Balaban J connectivity index is 2.65. The van der Waals surface area contributed by atoms with Crippen molar-refractivity contribution in [2.75, 3.05) is 32.7 Å². The lowest BCUT2D eigenvalue weighted by molar-refractivity contribution is -0.182. The molecule has 0 saturated carbocycles. The van der Waals surface area contributed by atoms with E-state index >= 15 is 0 Å². The van der Waals surface area contributed by atoms with E-state index in [1.807, 2.05) is 0 Å². The SMILES string of the molecule is FC(F)C(F)(F)CN1CCNCC(C(F)(F)F)C1. The van der Waals surface area contributed by atoms with Crippen LogP contribution in [0.25, 0.3) is 0 Å². The Bertz CT molecular complexity index is 266. The van der Waals surface area contributed by atoms with Crippen molar-refractivity contribution in [3.8, 4) is 0 Å². The summed E-state index contributed by atoms with van der Waals surface area (Å²) in [5.74, 6) is -6.12. The molecule has 0 amide bonds. The molecule has 1 atom stereocenters. The summed E-state index contributed by atoms with van der Waals surface area (Å²) < 4.78 is 87.0. The molecule has 0 radical (unpaired) electrons. The summed E-state index contributed by atoms with van der Waals surface area (Å²) in [6.07, 6.45) is -8.41. The molecule has 0 aliphatic carbocycles. The average molecular weight is 282 g/mol. The first-order chi connectivity index (χ1) is 8.13. The summed E-state index contributed by atoms with van der Waals surface area (Å²) >= 11 is 0. The van der Waals surface area contributed by atoms with Gasteiger partial charge in [0.05, 0.1) is 12.5 Å². The van der Waals surface area contributed by atoms with Gasteiger partial charge >= 0.3 is 18.5 Å². The van der Waals surface area contributed by atoms with Crippen LogP contribution >= 0.6 is 0 Å². The van der Waals surface area contributed by atoms with Gasteiger partial charge < -0.3 is 5.32 Å². The van der Waals surface area contributed by atoms with Gasteiger partial charge in [0, 0.05) is 26.2 Å². The summed E-state index contributed by atoms with van der Waals surface area (Å²) in [6, 6.07) is 0. The Hall–Kier alpha value is -0.570. The maximum Gasteiger partial charge on any atom is 0.394 e. The topological polar surface area (TPSA) is 15.3 Å². The van der Waals surface area contributed by atoms with Gasteiger partial charge in [0.15, 0.2) is 0 Å². The Morgan fingerprint density at radius 3 is 2.28 bits per heavy atom. The molecule has 0 aromatic rings. The second-order valence-electron chi connectivity index (χ2n) is 4.24. The highest BCUT2D eigenvalue weighted by molar-refractivity contribution is 4.82. The van der Waals surface area contributed by atoms with E-state index in [4.69, 9.17) is 0 Å². The van der Waals surface area contributed by atoms with E-state index in [1.54, 1.807) is 0 Å².